The zero-order chi connectivity index (χ0) is 10.4. The number of nitrogens with one attached hydrogen (secondary N) is 1. The Kier molecular flexibility index (Phi) is 4.59. The minimum absolute atomic E-state index is 0.570. The first kappa shape index (κ1) is 11.2. The van der Waals surface area contributed by atoms with E-state index < -0.39 is 0 Å². The summed E-state index contributed by atoms with van der Waals surface area (Å²) in [6.45, 7) is 5.28. The molecule has 0 radical (unpaired) electrons. The van der Waals surface area contributed by atoms with E-state index in [0.29, 0.717) is 5.92 Å². The van der Waals surface area contributed by atoms with Crippen molar-refractivity contribution in [3.63, 3.8) is 0 Å². The van der Waals surface area contributed by atoms with Gasteiger partial charge in [0.2, 0.25) is 11.8 Å². The van der Waals surface area contributed by atoms with Gasteiger partial charge in [-0.2, -0.15) is 0 Å². The van der Waals surface area contributed by atoms with Gasteiger partial charge in [-0.1, -0.05) is 13.8 Å². The molecule has 0 aliphatic rings. The minimum atomic E-state index is 0.570. The Bertz CT molecular complexity index is 258. The van der Waals surface area contributed by atoms with Gasteiger partial charge < -0.3 is 9.73 Å². The Balaban J connectivity index is 2.35. The highest BCUT2D eigenvalue weighted by atomic mass is 16.4. The molecular formula is C10H19N3O. The van der Waals surface area contributed by atoms with Crippen molar-refractivity contribution in [2.45, 2.75) is 33.1 Å². The van der Waals surface area contributed by atoms with Gasteiger partial charge >= 0.3 is 0 Å². The van der Waals surface area contributed by atoms with Gasteiger partial charge in [0.05, 0.1) is 0 Å². The van der Waals surface area contributed by atoms with E-state index in [4.69, 9.17) is 4.42 Å². The summed E-state index contributed by atoms with van der Waals surface area (Å²) in [6.07, 6.45) is 2.78. The van der Waals surface area contributed by atoms with Crippen LogP contribution in [0.25, 0.3) is 0 Å². The fraction of sp³-hybridized carbons (Fsp3) is 0.800. The van der Waals surface area contributed by atoms with Crippen molar-refractivity contribution in [2.75, 3.05) is 13.6 Å². The first-order valence-electron chi connectivity index (χ1n) is 5.18. The first-order valence-corrected chi connectivity index (χ1v) is 5.18. The van der Waals surface area contributed by atoms with Crippen molar-refractivity contribution in [3.8, 4) is 0 Å². The van der Waals surface area contributed by atoms with Crippen LogP contribution in [0.1, 0.15) is 32.0 Å². The topological polar surface area (TPSA) is 51.0 Å². The van der Waals surface area contributed by atoms with Crippen LogP contribution in [-0.2, 0) is 12.8 Å². The van der Waals surface area contributed by atoms with Crippen LogP contribution in [0.2, 0.25) is 0 Å². The summed E-state index contributed by atoms with van der Waals surface area (Å²) < 4.78 is 5.49. The van der Waals surface area contributed by atoms with Crippen molar-refractivity contribution in [1.82, 2.24) is 15.5 Å². The van der Waals surface area contributed by atoms with Crippen molar-refractivity contribution < 1.29 is 4.42 Å². The van der Waals surface area contributed by atoms with Crippen molar-refractivity contribution in [2.24, 2.45) is 5.92 Å². The monoisotopic (exact) mass is 197 g/mol. The maximum Gasteiger partial charge on any atom is 0.216 e. The van der Waals surface area contributed by atoms with E-state index in [-0.39, 0.29) is 0 Å². The highest BCUT2D eigenvalue weighted by Gasteiger charge is 2.06. The molecule has 1 N–H and O–H groups in total. The van der Waals surface area contributed by atoms with E-state index in [1.54, 1.807) is 0 Å². The number of hydrogen-bond acceptors (Lipinski definition) is 4. The van der Waals surface area contributed by atoms with E-state index in [1.807, 2.05) is 7.05 Å². The lowest BCUT2D eigenvalue weighted by Gasteiger charge is -1.97. The third kappa shape index (κ3) is 3.87. The fourth-order valence-corrected chi connectivity index (χ4v) is 1.24. The number of aryl methyl sites for hydroxylation is 1. The van der Waals surface area contributed by atoms with E-state index >= 15 is 0 Å². The predicted octanol–water partition coefficient (Wildman–Crippen LogP) is 1.42. The van der Waals surface area contributed by atoms with Gasteiger partial charge in [-0.3, -0.25) is 0 Å². The Hall–Kier alpha value is -0.900. The lowest BCUT2D eigenvalue weighted by Crippen LogP contribution is -2.08. The van der Waals surface area contributed by atoms with Gasteiger partial charge in [0.15, 0.2) is 0 Å². The fourth-order valence-electron chi connectivity index (χ4n) is 1.24. The molecule has 0 saturated heterocycles. The second-order valence-corrected chi connectivity index (χ2v) is 3.89. The van der Waals surface area contributed by atoms with Crippen LogP contribution in [0.3, 0.4) is 0 Å². The normalized spacial score (nSPS) is 11.1. The van der Waals surface area contributed by atoms with Crippen LogP contribution >= 0.6 is 0 Å². The van der Waals surface area contributed by atoms with Crippen LogP contribution in [0.5, 0.6) is 0 Å². The lowest BCUT2D eigenvalue weighted by atomic mass is 10.1. The largest absolute Gasteiger partial charge is 0.425 e. The number of nitrogens with zero attached hydrogens (tertiary/aromatic N) is 2. The van der Waals surface area contributed by atoms with Crippen LogP contribution in [0.15, 0.2) is 4.42 Å². The third-order valence-electron chi connectivity index (χ3n) is 1.91. The van der Waals surface area contributed by atoms with Gasteiger partial charge in [0.25, 0.3) is 0 Å². The predicted molar refractivity (Wildman–Crippen MR) is 55.1 cm³/mol. The molecule has 0 saturated carbocycles. The zero-order valence-corrected chi connectivity index (χ0v) is 9.21. The quantitative estimate of drug-likeness (QED) is 0.701. The molecule has 0 atom stereocenters. The smallest absolute Gasteiger partial charge is 0.216 e. The molecule has 1 heterocycles. The van der Waals surface area contributed by atoms with Crippen LogP contribution < -0.4 is 5.32 Å². The number of aromatic nitrogens is 2. The molecule has 1 aromatic heterocycles. The van der Waals surface area contributed by atoms with Gasteiger partial charge in [0, 0.05) is 12.8 Å². The molecule has 80 valence electrons. The Morgan fingerprint density at radius 2 is 2.00 bits per heavy atom. The summed E-state index contributed by atoms with van der Waals surface area (Å²) in [5.41, 5.74) is 0. The van der Waals surface area contributed by atoms with E-state index in [1.165, 1.54) is 0 Å². The first-order chi connectivity index (χ1) is 6.72. The van der Waals surface area contributed by atoms with Crippen LogP contribution in [0, 0.1) is 5.92 Å². The molecule has 1 aromatic rings. The number of hydrogen-bond donors (Lipinski definition) is 1. The van der Waals surface area contributed by atoms with Gasteiger partial charge in [0.1, 0.15) is 0 Å². The summed E-state index contributed by atoms with van der Waals surface area (Å²) in [6, 6.07) is 0. The van der Waals surface area contributed by atoms with Crippen molar-refractivity contribution in [3.05, 3.63) is 11.8 Å². The van der Waals surface area contributed by atoms with Gasteiger partial charge in [-0.15, -0.1) is 10.2 Å². The lowest BCUT2D eigenvalue weighted by molar-refractivity contribution is 0.421. The Labute approximate surface area is 85.1 Å². The third-order valence-corrected chi connectivity index (χ3v) is 1.91. The molecule has 0 fully saturated rings. The molecule has 0 bridgehead atoms. The molecule has 0 unspecified atom stereocenters. The van der Waals surface area contributed by atoms with Gasteiger partial charge in [-0.25, -0.2) is 0 Å². The maximum absolute atomic E-state index is 5.49. The minimum Gasteiger partial charge on any atom is -0.425 e. The summed E-state index contributed by atoms with van der Waals surface area (Å²) in [4.78, 5) is 0. The molecule has 0 aliphatic carbocycles. The van der Waals surface area contributed by atoms with Crippen molar-refractivity contribution in [1.29, 1.82) is 0 Å². The van der Waals surface area contributed by atoms with Crippen LogP contribution in [-0.4, -0.2) is 23.8 Å². The molecule has 14 heavy (non-hydrogen) atoms. The second kappa shape index (κ2) is 5.75. The average molecular weight is 197 g/mol. The SMILES string of the molecule is CNCCCc1nnc(CC(C)C)o1. The molecule has 0 aliphatic heterocycles. The summed E-state index contributed by atoms with van der Waals surface area (Å²) in [7, 11) is 1.94. The molecule has 0 spiro atoms. The summed E-state index contributed by atoms with van der Waals surface area (Å²) in [5, 5.41) is 11.1. The molecule has 0 aromatic carbocycles. The van der Waals surface area contributed by atoms with E-state index in [9.17, 15) is 0 Å². The number of rotatable bonds is 6. The molecule has 4 heteroatoms. The summed E-state index contributed by atoms with van der Waals surface area (Å²) in [5.74, 6) is 2.09. The highest BCUT2D eigenvalue weighted by Crippen LogP contribution is 2.07. The Morgan fingerprint density at radius 1 is 1.29 bits per heavy atom. The van der Waals surface area contributed by atoms with E-state index in [2.05, 4.69) is 29.4 Å². The van der Waals surface area contributed by atoms with Gasteiger partial charge in [-0.05, 0) is 25.9 Å². The second-order valence-electron chi connectivity index (χ2n) is 3.89. The molecule has 1 rings (SSSR count). The standard InChI is InChI=1S/C10H19N3O/c1-8(2)7-10-13-12-9(14-10)5-4-6-11-3/h8,11H,4-7H2,1-3H3. The molecule has 0 amide bonds. The highest BCUT2D eigenvalue weighted by molar-refractivity contribution is 4.83. The maximum atomic E-state index is 5.49. The Morgan fingerprint density at radius 3 is 2.64 bits per heavy atom. The molecule has 4 nitrogen and oxygen atoms in total. The summed E-state index contributed by atoms with van der Waals surface area (Å²) >= 11 is 0. The average Bonchev–Trinajstić information content (AvgIpc) is 2.52. The van der Waals surface area contributed by atoms with Crippen LogP contribution in [0.4, 0.5) is 0 Å². The van der Waals surface area contributed by atoms with E-state index in [0.717, 1.165) is 37.6 Å². The molecular weight excluding hydrogens is 178 g/mol. The van der Waals surface area contributed by atoms with Crippen molar-refractivity contribution >= 4 is 0 Å². The zero-order valence-electron chi connectivity index (χ0n) is 9.21.